The summed E-state index contributed by atoms with van der Waals surface area (Å²) in [6.07, 6.45) is 2.51. The molecule has 0 spiro atoms. The van der Waals surface area contributed by atoms with Crippen molar-refractivity contribution in [2.45, 2.75) is 38.5 Å². The molecule has 2 rings (SSSR count). The minimum atomic E-state index is -0.611. The highest BCUT2D eigenvalue weighted by atomic mass is 19.1. The van der Waals surface area contributed by atoms with E-state index in [1.165, 1.54) is 12.1 Å². The van der Waals surface area contributed by atoms with Crippen molar-refractivity contribution in [3.05, 3.63) is 59.4 Å². The molecule has 5 heteroatoms. The van der Waals surface area contributed by atoms with E-state index in [4.69, 9.17) is 9.47 Å². The Balaban J connectivity index is 2.04. The predicted octanol–water partition coefficient (Wildman–Crippen LogP) is 5.21. The van der Waals surface area contributed by atoms with E-state index in [0.717, 1.165) is 43.5 Å². The standard InChI is InChI=1S/C25H33FN2O2/c1-19(2)25(18-27,21-15-23(29-4)17-24(16-21)30-5)12-6-13-28(3)14-11-20-7-9-22(26)10-8-20/h7-10,15-17,19H,6,11-14H2,1-5H3. The van der Waals surface area contributed by atoms with Gasteiger partial charge in [-0.15, -0.1) is 0 Å². The summed E-state index contributed by atoms with van der Waals surface area (Å²) in [4.78, 5) is 2.26. The Morgan fingerprint density at radius 2 is 1.63 bits per heavy atom. The van der Waals surface area contributed by atoms with Crippen molar-refractivity contribution < 1.29 is 13.9 Å². The van der Waals surface area contributed by atoms with E-state index in [9.17, 15) is 9.65 Å². The van der Waals surface area contributed by atoms with Crippen LogP contribution in [0.3, 0.4) is 0 Å². The molecule has 0 heterocycles. The number of nitriles is 1. The maximum absolute atomic E-state index is 13.0. The van der Waals surface area contributed by atoms with E-state index in [-0.39, 0.29) is 11.7 Å². The van der Waals surface area contributed by atoms with E-state index >= 15 is 0 Å². The molecule has 0 aliphatic heterocycles. The number of rotatable bonds is 11. The van der Waals surface area contributed by atoms with Gasteiger partial charge in [-0.05, 0) is 74.2 Å². The van der Waals surface area contributed by atoms with Gasteiger partial charge >= 0.3 is 0 Å². The predicted molar refractivity (Wildman–Crippen MR) is 119 cm³/mol. The van der Waals surface area contributed by atoms with Crippen LogP contribution in [0.5, 0.6) is 11.5 Å². The van der Waals surface area contributed by atoms with Crippen LogP contribution in [0.25, 0.3) is 0 Å². The van der Waals surface area contributed by atoms with Gasteiger partial charge in [0.2, 0.25) is 0 Å². The van der Waals surface area contributed by atoms with E-state index < -0.39 is 5.41 Å². The maximum Gasteiger partial charge on any atom is 0.123 e. The Morgan fingerprint density at radius 3 is 2.13 bits per heavy atom. The zero-order valence-corrected chi connectivity index (χ0v) is 18.7. The number of methoxy groups -OCH3 is 2. The molecular weight excluding hydrogens is 379 g/mol. The molecule has 2 aromatic carbocycles. The molecular formula is C25H33FN2O2. The molecule has 0 aromatic heterocycles. The Kier molecular flexibility index (Phi) is 8.68. The van der Waals surface area contributed by atoms with Gasteiger partial charge < -0.3 is 14.4 Å². The summed E-state index contributed by atoms with van der Waals surface area (Å²) in [5.74, 6) is 1.33. The number of halogens is 1. The monoisotopic (exact) mass is 412 g/mol. The molecule has 2 aromatic rings. The van der Waals surface area contributed by atoms with E-state index in [1.54, 1.807) is 14.2 Å². The van der Waals surface area contributed by atoms with Gasteiger partial charge in [0.15, 0.2) is 0 Å². The summed E-state index contributed by atoms with van der Waals surface area (Å²) < 4.78 is 23.9. The number of hydrogen-bond donors (Lipinski definition) is 0. The largest absolute Gasteiger partial charge is 0.497 e. The Hall–Kier alpha value is -2.58. The van der Waals surface area contributed by atoms with Crippen molar-refractivity contribution in [2.75, 3.05) is 34.4 Å². The lowest BCUT2D eigenvalue weighted by Crippen LogP contribution is -2.32. The smallest absolute Gasteiger partial charge is 0.123 e. The second-order valence-corrected chi connectivity index (χ2v) is 8.12. The summed E-state index contributed by atoms with van der Waals surface area (Å²) >= 11 is 0. The van der Waals surface area contributed by atoms with Crippen LogP contribution in [0.2, 0.25) is 0 Å². The molecule has 0 saturated carbocycles. The van der Waals surface area contributed by atoms with Gasteiger partial charge in [0, 0.05) is 12.6 Å². The molecule has 4 nitrogen and oxygen atoms in total. The zero-order valence-electron chi connectivity index (χ0n) is 18.7. The van der Waals surface area contributed by atoms with Gasteiger partial charge in [-0.3, -0.25) is 0 Å². The SMILES string of the molecule is COc1cc(OC)cc(C(C#N)(CCCN(C)CCc2ccc(F)cc2)C(C)C)c1. The molecule has 0 bridgehead atoms. The van der Waals surface area contributed by atoms with Gasteiger partial charge in [0.25, 0.3) is 0 Å². The van der Waals surface area contributed by atoms with Crippen LogP contribution in [-0.4, -0.2) is 39.3 Å². The Bertz CT molecular complexity index is 823. The third-order valence-corrected chi connectivity index (χ3v) is 5.86. The van der Waals surface area contributed by atoms with Crippen LogP contribution in [0.1, 0.15) is 37.8 Å². The average molecular weight is 413 g/mol. The van der Waals surface area contributed by atoms with Crippen molar-refractivity contribution in [1.29, 1.82) is 5.26 Å². The third kappa shape index (κ3) is 5.96. The lowest BCUT2D eigenvalue weighted by molar-refractivity contribution is 0.292. The third-order valence-electron chi connectivity index (χ3n) is 5.86. The van der Waals surface area contributed by atoms with Crippen LogP contribution in [0.15, 0.2) is 42.5 Å². The first-order valence-electron chi connectivity index (χ1n) is 10.4. The summed E-state index contributed by atoms with van der Waals surface area (Å²) in [7, 11) is 5.33. The van der Waals surface area contributed by atoms with Crippen molar-refractivity contribution in [2.24, 2.45) is 5.92 Å². The molecule has 0 fully saturated rings. The van der Waals surface area contributed by atoms with E-state index in [1.807, 2.05) is 30.3 Å². The van der Waals surface area contributed by atoms with Crippen LogP contribution < -0.4 is 9.47 Å². The number of ether oxygens (including phenoxy) is 2. The van der Waals surface area contributed by atoms with Crippen molar-refractivity contribution in [3.8, 4) is 17.6 Å². The topological polar surface area (TPSA) is 45.5 Å². The number of likely N-dealkylation sites (N-methyl/N-ethyl adjacent to an activating group) is 1. The summed E-state index contributed by atoms with van der Waals surface area (Å²) in [5.41, 5.74) is 1.45. The van der Waals surface area contributed by atoms with Crippen LogP contribution >= 0.6 is 0 Å². The highest BCUT2D eigenvalue weighted by Crippen LogP contribution is 2.40. The van der Waals surface area contributed by atoms with Gasteiger partial charge in [0.05, 0.1) is 25.7 Å². The molecule has 1 unspecified atom stereocenters. The molecule has 0 amide bonds. The first kappa shape index (κ1) is 23.7. The normalized spacial score (nSPS) is 13.2. The van der Waals surface area contributed by atoms with E-state index in [0.29, 0.717) is 11.5 Å². The fraction of sp³-hybridized carbons (Fsp3) is 0.480. The highest BCUT2D eigenvalue weighted by molar-refractivity contribution is 5.45. The molecule has 1 atom stereocenters. The number of hydrogen-bond acceptors (Lipinski definition) is 4. The molecule has 0 saturated heterocycles. The van der Waals surface area contributed by atoms with Gasteiger partial charge in [-0.2, -0.15) is 5.26 Å². The van der Waals surface area contributed by atoms with Gasteiger partial charge in [0.1, 0.15) is 17.3 Å². The van der Waals surface area contributed by atoms with Crippen molar-refractivity contribution in [3.63, 3.8) is 0 Å². The zero-order chi connectivity index (χ0) is 22.1. The Morgan fingerprint density at radius 1 is 1.03 bits per heavy atom. The molecule has 0 N–H and O–H groups in total. The first-order valence-corrected chi connectivity index (χ1v) is 10.4. The van der Waals surface area contributed by atoms with Gasteiger partial charge in [-0.1, -0.05) is 26.0 Å². The average Bonchev–Trinajstić information content (AvgIpc) is 2.75. The van der Waals surface area contributed by atoms with E-state index in [2.05, 4.69) is 31.9 Å². The van der Waals surface area contributed by atoms with Crippen molar-refractivity contribution in [1.82, 2.24) is 4.90 Å². The molecule has 30 heavy (non-hydrogen) atoms. The molecule has 162 valence electrons. The lowest BCUT2D eigenvalue weighted by Gasteiger charge is -2.32. The highest BCUT2D eigenvalue weighted by Gasteiger charge is 2.36. The fourth-order valence-corrected chi connectivity index (χ4v) is 3.79. The summed E-state index contributed by atoms with van der Waals surface area (Å²) in [5, 5.41) is 10.2. The molecule has 0 aliphatic carbocycles. The second-order valence-electron chi connectivity index (χ2n) is 8.12. The quantitative estimate of drug-likeness (QED) is 0.508. The van der Waals surface area contributed by atoms with Crippen LogP contribution in [0.4, 0.5) is 4.39 Å². The fourth-order valence-electron chi connectivity index (χ4n) is 3.79. The lowest BCUT2D eigenvalue weighted by atomic mass is 9.69. The summed E-state index contributed by atoms with van der Waals surface area (Å²) in [6.45, 7) is 5.96. The number of benzene rings is 2. The Labute approximate surface area is 180 Å². The maximum atomic E-state index is 13.0. The van der Waals surface area contributed by atoms with Crippen LogP contribution in [0, 0.1) is 23.1 Å². The molecule has 0 radical (unpaired) electrons. The van der Waals surface area contributed by atoms with Crippen molar-refractivity contribution >= 4 is 0 Å². The minimum Gasteiger partial charge on any atom is -0.497 e. The first-order chi connectivity index (χ1) is 14.3. The minimum absolute atomic E-state index is 0.142. The van der Waals surface area contributed by atoms with Gasteiger partial charge in [-0.25, -0.2) is 4.39 Å². The molecule has 0 aliphatic rings. The number of nitrogens with zero attached hydrogens (tertiary/aromatic N) is 2. The second kappa shape index (κ2) is 11.0. The van der Waals surface area contributed by atoms with Crippen LogP contribution in [-0.2, 0) is 11.8 Å². The summed E-state index contributed by atoms with van der Waals surface area (Å²) in [6, 6.07) is 15.0.